The van der Waals surface area contributed by atoms with Crippen molar-refractivity contribution in [1.82, 2.24) is 0 Å². The molecule has 3 aromatic carbocycles. The summed E-state index contributed by atoms with van der Waals surface area (Å²) < 4.78 is 39.0. The van der Waals surface area contributed by atoms with Crippen LogP contribution in [0.2, 0.25) is 0 Å². The summed E-state index contributed by atoms with van der Waals surface area (Å²) in [6.07, 6.45) is -2.99. The predicted octanol–water partition coefficient (Wildman–Crippen LogP) is 5.39. The number of hydrogen-bond donors (Lipinski definition) is 0. The first-order chi connectivity index (χ1) is 12.4. The lowest BCUT2D eigenvalue weighted by molar-refractivity contribution is -0.383. The molecule has 0 fully saturated rings. The Morgan fingerprint density at radius 1 is 0.962 bits per heavy atom. The standard InChI is InChI=1S/C19H13F3N2O2/c20-19(21,22)17-9-2-1-5-14(17)12-23-11-13-6-3-8-16-15(13)7-4-10-18(16)24(25)26/h1-11H,12H2. The largest absolute Gasteiger partial charge is 0.416 e. The van der Waals surface area contributed by atoms with Crippen LogP contribution >= 0.6 is 0 Å². The van der Waals surface area contributed by atoms with E-state index in [-0.39, 0.29) is 17.8 Å². The van der Waals surface area contributed by atoms with Gasteiger partial charge in [0.2, 0.25) is 0 Å². The van der Waals surface area contributed by atoms with Crippen LogP contribution in [-0.2, 0) is 12.7 Å². The molecule has 0 aliphatic heterocycles. The van der Waals surface area contributed by atoms with Gasteiger partial charge in [-0.15, -0.1) is 0 Å². The third-order valence-electron chi connectivity index (χ3n) is 3.94. The summed E-state index contributed by atoms with van der Waals surface area (Å²) in [6.45, 7) is -0.138. The molecule has 0 amide bonds. The van der Waals surface area contributed by atoms with Crippen LogP contribution in [0.5, 0.6) is 0 Å². The second kappa shape index (κ2) is 6.95. The summed E-state index contributed by atoms with van der Waals surface area (Å²) in [4.78, 5) is 14.8. The fourth-order valence-electron chi connectivity index (χ4n) is 2.77. The van der Waals surface area contributed by atoms with E-state index in [0.717, 1.165) is 6.07 Å². The van der Waals surface area contributed by atoms with E-state index < -0.39 is 16.7 Å². The molecule has 26 heavy (non-hydrogen) atoms. The second-order valence-corrected chi connectivity index (χ2v) is 5.60. The van der Waals surface area contributed by atoms with Gasteiger partial charge in [-0.05, 0) is 23.1 Å². The zero-order chi connectivity index (χ0) is 18.7. The number of aliphatic imine (C=N–C) groups is 1. The van der Waals surface area contributed by atoms with Crippen molar-refractivity contribution in [3.63, 3.8) is 0 Å². The van der Waals surface area contributed by atoms with Crippen LogP contribution in [0.25, 0.3) is 10.8 Å². The number of fused-ring (bicyclic) bond motifs is 1. The lowest BCUT2D eigenvalue weighted by atomic mass is 10.0. The molecule has 0 atom stereocenters. The first-order valence-corrected chi connectivity index (χ1v) is 7.69. The van der Waals surface area contributed by atoms with Crippen molar-refractivity contribution in [2.75, 3.05) is 0 Å². The average Bonchev–Trinajstić information content (AvgIpc) is 2.61. The number of rotatable bonds is 4. The highest BCUT2D eigenvalue weighted by Gasteiger charge is 2.32. The Hall–Kier alpha value is -3.22. The van der Waals surface area contributed by atoms with Crippen LogP contribution in [0, 0.1) is 10.1 Å². The summed E-state index contributed by atoms with van der Waals surface area (Å²) >= 11 is 0. The normalized spacial score (nSPS) is 12.0. The second-order valence-electron chi connectivity index (χ2n) is 5.60. The molecule has 0 aliphatic rings. The van der Waals surface area contributed by atoms with Crippen LogP contribution in [0.3, 0.4) is 0 Å². The minimum Gasteiger partial charge on any atom is -0.288 e. The first-order valence-electron chi connectivity index (χ1n) is 7.69. The van der Waals surface area contributed by atoms with Gasteiger partial charge in [-0.25, -0.2) is 0 Å². The van der Waals surface area contributed by atoms with E-state index in [2.05, 4.69) is 4.99 Å². The molecule has 4 nitrogen and oxygen atoms in total. The quantitative estimate of drug-likeness (QED) is 0.357. The van der Waals surface area contributed by atoms with Crippen LogP contribution in [0.1, 0.15) is 16.7 Å². The number of hydrogen-bond acceptors (Lipinski definition) is 3. The molecule has 0 unspecified atom stereocenters. The Kier molecular flexibility index (Phi) is 4.71. The highest BCUT2D eigenvalue weighted by atomic mass is 19.4. The molecule has 7 heteroatoms. The van der Waals surface area contributed by atoms with Crippen LogP contribution < -0.4 is 0 Å². The molecular weight excluding hydrogens is 345 g/mol. The molecule has 132 valence electrons. The number of nitro groups is 1. The lowest BCUT2D eigenvalue weighted by Gasteiger charge is -2.10. The monoisotopic (exact) mass is 358 g/mol. The molecular formula is C19H13F3N2O2. The van der Waals surface area contributed by atoms with Gasteiger partial charge in [-0.1, -0.05) is 42.5 Å². The van der Waals surface area contributed by atoms with Crippen molar-refractivity contribution in [1.29, 1.82) is 0 Å². The fourth-order valence-corrected chi connectivity index (χ4v) is 2.77. The van der Waals surface area contributed by atoms with Gasteiger partial charge in [0.1, 0.15) is 0 Å². The SMILES string of the molecule is O=[N+]([O-])c1cccc2c(C=NCc3ccccc3C(F)(F)F)cccc12. The molecule has 0 saturated carbocycles. The van der Waals surface area contributed by atoms with Crippen molar-refractivity contribution in [2.24, 2.45) is 4.99 Å². The highest BCUT2D eigenvalue weighted by Crippen LogP contribution is 2.32. The zero-order valence-electron chi connectivity index (χ0n) is 13.4. The van der Waals surface area contributed by atoms with Crippen molar-refractivity contribution >= 4 is 22.7 Å². The van der Waals surface area contributed by atoms with E-state index in [1.165, 1.54) is 30.5 Å². The maximum atomic E-state index is 13.0. The summed E-state index contributed by atoms with van der Waals surface area (Å²) in [7, 11) is 0. The molecule has 0 heterocycles. The van der Waals surface area contributed by atoms with Gasteiger partial charge in [-0.2, -0.15) is 13.2 Å². The maximum Gasteiger partial charge on any atom is 0.416 e. The van der Waals surface area contributed by atoms with Gasteiger partial charge in [0, 0.05) is 17.8 Å². The number of halogens is 3. The molecule has 3 rings (SSSR count). The Balaban J connectivity index is 1.94. The van der Waals surface area contributed by atoms with E-state index >= 15 is 0 Å². The zero-order valence-corrected chi connectivity index (χ0v) is 13.4. The molecule has 0 aromatic heterocycles. The van der Waals surface area contributed by atoms with E-state index in [1.807, 2.05) is 0 Å². The Bertz CT molecular complexity index is 997. The third-order valence-corrected chi connectivity index (χ3v) is 3.94. The Morgan fingerprint density at radius 3 is 2.38 bits per heavy atom. The van der Waals surface area contributed by atoms with E-state index in [4.69, 9.17) is 0 Å². The fraction of sp³-hybridized carbons (Fsp3) is 0.105. The number of non-ortho nitro benzene ring substituents is 1. The number of benzene rings is 3. The minimum absolute atomic E-state index is 0.0276. The minimum atomic E-state index is -4.44. The van der Waals surface area contributed by atoms with E-state index in [1.54, 1.807) is 30.3 Å². The summed E-state index contributed by atoms with van der Waals surface area (Å²) in [5, 5.41) is 12.2. The van der Waals surface area contributed by atoms with Crippen LogP contribution in [0.15, 0.2) is 65.7 Å². The van der Waals surface area contributed by atoms with Gasteiger partial charge in [0.25, 0.3) is 5.69 Å². The van der Waals surface area contributed by atoms with E-state index in [0.29, 0.717) is 16.3 Å². The molecule has 3 aromatic rings. The van der Waals surface area contributed by atoms with Gasteiger partial charge in [0.15, 0.2) is 0 Å². The van der Waals surface area contributed by atoms with Crippen molar-refractivity contribution in [3.05, 3.63) is 87.5 Å². The summed E-state index contributed by atoms with van der Waals surface area (Å²) in [5.41, 5.74) is -0.0657. The van der Waals surface area contributed by atoms with Crippen LogP contribution in [-0.4, -0.2) is 11.1 Å². The number of alkyl halides is 3. The molecule has 0 N–H and O–H groups in total. The summed E-state index contributed by atoms with van der Waals surface area (Å²) in [5.74, 6) is 0. The Labute approximate surface area is 146 Å². The number of nitro benzene ring substituents is 1. The Morgan fingerprint density at radius 2 is 1.65 bits per heavy atom. The lowest BCUT2D eigenvalue weighted by Crippen LogP contribution is -2.08. The molecule has 0 bridgehead atoms. The van der Waals surface area contributed by atoms with Crippen molar-refractivity contribution in [2.45, 2.75) is 12.7 Å². The third kappa shape index (κ3) is 3.56. The van der Waals surface area contributed by atoms with Gasteiger partial charge in [-0.3, -0.25) is 15.1 Å². The smallest absolute Gasteiger partial charge is 0.288 e. The summed E-state index contributed by atoms with van der Waals surface area (Å²) in [6, 6.07) is 14.9. The molecule has 0 spiro atoms. The molecule has 0 saturated heterocycles. The number of nitrogens with zero attached hydrogens (tertiary/aromatic N) is 2. The predicted molar refractivity (Wildman–Crippen MR) is 93.3 cm³/mol. The topological polar surface area (TPSA) is 55.5 Å². The van der Waals surface area contributed by atoms with Gasteiger partial charge < -0.3 is 0 Å². The molecule has 0 aliphatic carbocycles. The maximum absolute atomic E-state index is 13.0. The molecule has 0 radical (unpaired) electrons. The first kappa shape index (κ1) is 17.6. The van der Waals surface area contributed by atoms with Gasteiger partial charge in [0.05, 0.1) is 22.4 Å². The van der Waals surface area contributed by atoms with Crippen LogP contribution in [0.4, 0.5) is 18.9 Å². The van der Waals surface area contributed by atoms with Crippen molar-refractivity contribution < 1.29 is 18.1 Å². The van der Waals surface area contributed by atoms with Crippen molar-refractivity contribution in [3.8, 4) is 0 Å². The highest BCUT2D eigenvalue weighted by molar-refractivity contribution is 6.03. The van der Waals surface area contributed by atoms with E-state index in [9.17, 15) is 23.3 Å². The average molecular weight is 358 g/mol. The van der Waals surface area contributed by atoms with Gasteiger partial charge >= 0.3 is 6.18 Å².